The van der Waals surface area contributed by atoms with Crippen molar-refractivity contribution >= 4 is 17.9 Å². The van der Waals surface area contributed by atoms with Crippen LogP contribution in [0.3, 0.4) is 0 Å². The standard InChI is InChI=1S/C70H128O6/c1-4-7-10-13-16-19-21-23-25-27-29-30-31-32-33-34-35-36-37-38-39-41-42-44-46-48-51-54-57-60-63-69(72)75-66-67(65-74-68(71)62-59-56-53-50-18-15-12-9-6-3)76-70(73)64-61-58-55-52-49-47-45-43-40-28-26-24-22-20-17-14-11-8-5-2/h8,11,17,20,24,26,40,43,67H,4-7,9-10,12-16,18-19,21-23,25,27-39,41-42,44-66H2,1-3H3/b11-8-,20-17-,26-24-,43-40-. The second-order valence-electron chi connectivity index (χ2n) is 22.7. The number of ether oxygens (including phenoxy) is 3. The summed E-state index contributed by atoms with van der Waals surface area (Å²) in [6.07, 6.45) is 81.6. The summed E-state index contributed by atoms with van der Waals surface area (Å²) < 4.78 is 16.9. The van der Waals surface area contributed by atoms with Gasteiger partial charge in [-0.15, -0.1) is 0 Å². The van der Waals surface area contributed by atoms with Gasteiger partial charge in [0.1, 0.15) is 13.2 Å². The molecule has 1 atom stereocenters. The Balaban J connectivity index is 4.09. The van der Waals surface area contributed by atoms with Crippen LogP contribution in [-0.2, 0) is 28.6 Å². The summed E-state index contributed by atoms with van der Waals surface area (Å²) in [6, 6.07) is 0. The van der Waals surface area contributed by atoms with Crippen molar-refractivity contribution in [3.63, 3.8) is 0 Å². The van der Waals surface area contributed by atoms with Gasteiger partial charge in [-0.25, -0.2) is 0 Å². The SMILES string of the molecule is CC/C=C\C/C=C\C/C=C\C/C=C\CCCCCCCCC(=O)OC(COC(=O)CCCCCCCCCCC)COC(=O)CCCCCCCCCCCCCCCCCCCCCCCCCCCCCCCC. The van der Waals surface area contributed by atoms with Crippen LogP contribution in [0, 0.1) is 0 Å². The smallest absolute Gasteiger partial charge is 0.306 e. The molecule has 0 spiro atoms. The molecule has 0 aromatic carbocycles. The topological polar surface area (TPSA) is 78.9 Å². The van der Waals surface area contributed by atoms with Gasteiger partial charge < -0.3 is 14.2 Å². The Labute approximate surface area is 473 Å². The van der Waals surface area contributed by atoms with Crippen LogP contribution < -0.4 is 0 Å². The lowest BCUT2D eigenvalue weighted by atomic mass is 10.0. The molecule has 0 saturated heterocycles. The number of allylic oxidation sites excluding steroid dienone is 8. The van der Waals surface area contributed by atoms with Gasteiger partial charge in [0, 0.05) is 19.3 Å². The van der Waals surface area contributed by atoms with Crippen LogP contribution in [0.4, 0.5) is 0 Å². The van der Waals surface area contributed by atoms with E-state index in [1.807, 2.05) is 0 Å². The highest BCUT2D eigenvalue weighted by Crippen LogP contribution is 2.18. The molecule has 0 amide bonds. The van der Waals surface area contributed by atoms with Crippen LogP contribution in [0.15, 0.2) is 48.6 Å². The van der Waals surface area contributed by atoms with Gasteiger partial charge >= 0.3 is 17.9 Å². The van der Waals surface area contributed by atoms with E-state index < -0.39 is 6.10 Å². The molecule has 6 heteroatoms. The average molecular weight is 1070 g/mol. The van der Waals surface area contributed by atoms with E-state index in [2.05, 4.69) is 69.4 Å². The molecule has 0 heterocycles. The van der Waals surface area contributed by atoms with Gasteiger partial charge in [0.15, 0.2) is 6.10 Å². The Morgan fingerprint density at radius 3 is 0.803 bits per heavy atom. The Bertz CT molecular complexity index is 1310. The van der Waals surface area contributed by atoms with Crippen LogP contribution in [0.1, 0.15) is 361 Å². The van der Waals surface area contributed by atoms with E-state index >= 15 is 0 Å². The zero-order valence-electron chi connectivity index (χ0n) is 51.0. The number of carbonyl (C=O) groups excluding carboxylic acids is 3. The molecule has 0 rings (SSSR count). The normalized spacial score (nSPS) is 12.3. The summed E-state index contributed by atoms with van der Waals surface area (Å²) in [5.41, 5.74) is 0. The predicted octanol–water partition coefficient (Wildman–Crippen LogP) is 22.9. The Kier molecular flexibility index (Phi) is 62.6. The number of esters is 3. The van der Waals surface area contributed by atoms with Crippen LogP contribution in [-0.4, -0.2) is 37.2 Å². The van der Waals surface area contributed by atoms with Crippen LogP contribution >= 0.6 is 0 Å². The molecular weight excluding hydrogens is 937 g/mol. The van der Waals surface area contributed by atoms with E-state index in [0.717, 1.165) is 96.3 Å². The molecule has 444 valence electrons. The van der Waals surface area contributed by atoms with Crippen LogP contribution in [0.25, 0.3) is 0 Å². The van der Waals surface area contributed by atoms with Crippen molar-refractivity contribution in [2.24, 2.45) is 0 Å². The Hall–Kier alpha value is -2.63. The van der Waals surface area contributed by atoms with Crippen molar-refractivity contribution in [3.8, 4) is 0 Å². The highest BCUT2D eigenvalue weighted by Gasteiger charge is 2.19. The molecule has 0 saturated carbocycles. The molecule has 0 bridgehead atoms. The summed E-state index contributed by atoms with van der Waals surface area (Å²) in [6.45, 7) is 6.55. The van der Waals surface area contributed by atoms with Crippen molar-refractivity contribution in [2.45, 2.75) is 367 Å². The summed E-state index contributed by atoms with van der Waals surface area (Å²) in [7, 11) is 0. The molecule has 76 heavy (non-hydrogen) atoms. The summed E-state index contributed by atoms with van der Waals surface area (Å²) in [4.78, 5) is 38.2. The van der Waals surface area contributed by atoms with Gasteiger partial charge in [-0.3, -0.25) is 14.4 Å². The first-order chi connectivity index (χ1) is 37.5. The van der Waals surface area contributed by atoms with Crippen molar-refractivity contribution < 1.29 is 28.6 Å². The van der Waals surface area contributed by atoms with Gasteiger partial charge in [0.25, 0.3) is 0 Å². The number of rotatable bonds is 62. The number of carbonyl (C=O) groups is 3. The molecule has 0 N–H and O–H groups in total. The molecule has 0 fully saturated rings. The second-order valence-corrected chi connectivity index (χ2v) is 22.7. The van der Waals surface area contributed by atoms with Gasteiger partial charge in [-0.1, -0.05) is 333 Å². The number of unbranched alkanes of at least 4 members (excludes halogenated alkanes) is 43. The Morgan fingerprint density at radius 1 is 0.276 bits per heavy atom. The van der Waals surface area contributed by atoms with Crippen LogP contribution in [0.2, 0.25) is 0 Å². The van der Waals surface area contributed by atoms with E-state index in [0.29, 0.717) is 19.3 Å². The molecule has 1 unspecified atom stereocenters. The van der Waals surface area contributed by atoms with E-state index in [9.17, 15) is 14.4 Å². The van der Waals surface area contributed by atoms with E-state index in [4.69, 9.17) is 14.2 Å². The van der Waals surface area contributed by atoms with Gasteiger partial charge in [0.05, 0.1) is 0 Å². The van der Waals surface area contributed by atoms with Crippen molar-refractivity contribution in [1.82, 2.24) is 0 Å². The minimum atomic E-state index is -0.777. The lowest BCUT2D eigenvalue weighted by Gasteiger charge is -2.18. The van der Waals surface area contributed by atoms with Gasteiger partial charge in [-0.05, 0) is 57.8 Å². The molecule has 0 aromatic rings. The highest BCUT2D eigenvalue weighted by molar-refractivity contribution is 5.71. The molecule has 6 nitrogen and oxygen atoms in total. The van der Waals surface area contributed by atoms with E-state index in [1.54, 1.807) is 0 Å². The summed E-state index contributed by atoms with van der Waals surface area (Å²) in [5, 5.41) is 0. The molecule has 0 aromatic heterocycles. The summed E-state index contributed by atoms with van der Waals surface area (Å²) in [5.74, 6) is -0.871. The highest BCUT2D eigenvalue weighted by atomic mass is 16.6. The first-order valence-corrected chi connectivity index (χ1v) is 33.6. The molecular formula is C70H128O6. The minimum absolute atomic E-state index is 0.0747. The number of hydrogen-bond donors (Lipinski definition) is 0. The zero-order valence-corrected chi connectivity index (χ0v) is 51.0. The fourth-order valence-corrected chi connectivity index (χ4v) is 10.1. The van der Waals surface area contributed by atoms with Crippen molar-refractivity contribution in [3.05, 3.63) is 48.6 Å². The van der Waals surface area contributed by atoms with Crippen molar-refractivity contribution in [1.29, 1.82) is 0 Å². The number of hydrogen-bond acceptors (Lipinski definition) is 6. The maximum Gasteiger partial charge on any atom is 0.306 e. The third kappa shape index (κ3) is 62.2. The van der Waals surface area contributed by atoms with E-state index in [1.165, 1.54) is 225 Å². The monoisotopic (exact) mass is 1060 g/mol. The van der Waals surface area contributed by atoms with Gasteiger partial charge in [-0.2, -0.15) is 0 Å². The third-order valence-electron chi connectivity index (χ3n) is 15.1. The minimum Gasteiger partial charge on any atom is -0.462 e. The summed E-state index contributed by atoms with van der Waals surface area (Å²) >= 11 is 0. The lowest BCUT2D eigenvalue weighted by molar-refractivity contribution is -0.167. The predicted molar refractivity (Wildman–Crippen MR) is 330 cm³/mol. The maximum absolute atomic E-state index is 12.9. The van der Waals surface area contributed by atoms with Crippen LogP contribution in [0.5, 0.6) is 0 Å². The third-order valence-corrected chi connectivity index (χ3v) is 15.1. The molecule has 0 aliphatic heterocycles. The lowest BCUT2D eigenvalue weighted by Crippen LogP contribution is -2.30. The van der Waals surface area contributed by atoms with E-state index in [-0.39, 0.29) is 31.1 Å². The van der Waals surface area contributed by atoms with Gasteiger partial charge in [0.2, 0.25) is 0 Å². The molecule has 0 aliphatic rings. The quantitative estimate of drug-likeness (QED) is 0.0261. The fourth-order valence-electron chi connectivity index (χ4n) is 10.1. The largest absolute Gasteiger partial charge is 0.462 e. The first kappa shape index (κ1) is 73.4. The maximum atomic E-state index is 12.9. The average Bonchev–Trinajstić information content (AvgIpc) is 3.42. The van der Waals surface area contributed by atoms with Crippen molar-refractivity contribution in [2.75, 3.05) is 13.2 Å². The zero-order chi connectivity index (χ0) is 55.0. The molecule has 0 aliphatic carbocycles. The fraction of sp³-hybridized carbons (Fsp3) is 0.843. The first-order valence-electron chi connectivity index (χ1n) is 33.6. The molecule has 0 radical (unpaired) electrons. The Morgan fingerprint density at radius 2 is 0.513 bits per heavy atom. The second kappa shape index (κ2) is 64.9.